The van der Waals surface area contributed by atoms with Gasteiger partial charge < -0.3 is 14.8 Å². The highest BCUT2D eigenvalue weighted by Gasteiger charge is 2.15. The average Bonchev–Trinajstić information content (AvgIpc) is 2.33. The van der Waals surface area contributed by atoms with Crippen LogP contribution >= 0.6 is 15.9 Å². The molecule has 0 bridgehead atoms. The maximum atomic E-state index is 5.93. The number of rotatable bonds is 7. The van der Waals surface area contributed by atoms with Crippen molar-refractivity contribution in [1.82, 2.24) is 5.32 Å². The van der Waals surface area contributed by atoms with E-state index >= 15 is 0 Å². The van der Waals surface area contributed by atoms with Gasteiger partial charge in [-0.3, -0.25) is 0 Å². The fraction of sp³-hybridized carbons (Fsp3) is 0.600. The molecule has 1 unspecified atom stereocenters. The van der Waals surface area contributed by atoms with Crippen LogP contribution in [0.5, 0.6) is 0 Å². The molecular weight excluding hydrogens is 306 g/mol. The maximum Gasteiger partial charge on any atom is 0.0937 e. The van der Waals surface area contributed by atoms with E-state index in [1.54, 1.807) is 7.11 Å². The van der Waals surface area contributed by atoms with Gasteiger partial charge in [0.25, 0.3) is 0 Å². The summed E-state index contributed by atoms with van der Waals surface area (Å²) in [6.07, 6.45) is 0.0522. The molecule has 3 nitrogen and oxygen atoms in total. The summed E-state index contributed by atoms with van der Waals surface area (Å²) in [4.78, 5) is 0. The molecule has 0 saturated heterocycles. The first kappa shape index (κ1) is 16.6. The fourth-order valence-corrected chi connectivity index (χ4v) is 1.99. The topological polar surface area (TPSA) is 30.5 Å². The summed E-state index contributed by atoms with van der Waals surface area (Å²) in [6.45, 7) is 8.39. The minimum Gasteiger partial charge on any atom is -0.382 e. The van der Waals surface area contributed by atoms with Gasteiger partial charge in [0.05, 0.1) is 19.3 Å². The van der Waals surface area contributed by atoms with E-state index in [2.05, 4.69) is 48.1 Å². The summed E-state index contributed by atoms with van der Waals surface area (Å²) in [6, 6.07) is 8.10. The van der Waals surface area contributed by atoms with Crippen LogP contribution in [0.15, 0.2) is 28.7 Å². The highest BCUT2D eigenvalue weighted by molar-refractivity contribution is 9.10. The van der Waals surface area contributed by atoms with E-state index in [1.807, 2.05) is 18.2 Å². The summed E-state index contributed by atoms with van der Waals surface area (Å²) in [5.41, 5.74) is 1.24. The van der Waals surface area contributed by atoms with E-state index in [1.165, 1.54) is 0 Å². The second-order valence-corrected chi connectivity index (χ2v) is 6.47. The monoisotopic (exact) mass is 329 g/mol. The van der Waals surface area contributed by atoms with Crippen molar-refractivity contribution in [3.8, 4) is 0 Å². The van der Waals surface area contributed by atoms with Crippen LogP contribution in [0.25, 0.3) is 0 Å². The van der Waals surface area contributed by atoms with E-state index in [0.29, 0.717) is 13.2 Å². The van der Waals surface area contributed by atoms with Gasteiger partial charge in [0, 0.05) is 23.7 Å². The minimum absolute atomic E-state index is 0.0522. The molecule has 1 aromatic carbocycles. The normalized spacial score (nSPS) is 13.5. The predicted molar refractivity (Wildman–Crippen MR) is 82.4 cm³/mol. The first-order valence-electron chi connectivity index (χ1n) is 6.51. The highest BCUT2D eigenvalue weighted by atomic mass is 79.9. The Morgan fingerprint density at radius 3 is 2.53 bits per heavy atom. The van der Waals surface area contributed by atoms with Crippen molar-refractivity contribution < 1.29 is 9.47 Å². The Hall–Kier alpha value is -0.420. The fourth-order valence-electron chi connectivity index (χ4n) is 1.59. The van der Waals surface area contributed by atoms with Crippen LogP contribution in [-0.2, 0) is 16.1 Å². The number of halogens is 1. The molecule has 1 aromatic rings. The van der Waals surface area contributed by atoms with Crippen LogP contribution < -0.4 is 5.32 Å². The van der Waals surface area contributed by atoms with Gasteiger partial charge in [-0.1, -0.05) is 34.1 Å². The molecule has 0 aliphatic heterocycles. The van der Waals surface area contributed by atoms with E-state index in [-0.39, 0.29) is 11.6 Å². The largest absolute Gasteiger partial charge is 0.382 e. The molecule has 108 valence electrons. The summed E-state index contributed by atoms with van der Waals surface area (Å²) in [5.74, 6) is 0. The van der Waals surface area contributed by atoms with Crippen LogP contribution in [0.1, 0.15) is 26.3 Å². The molecule has 0 amide bonds. The van der Waals surface area contributed by atoms with Gasteiger partial charge in [-0.25, -0.2) is 0 Å². The van der Waals surface area contributed by atoms with Crippen LogP contribution in [0.3, 0.4) is 0 Å². The quantitative estimate of drug-likeness (QED) is 0.831. The standard InChI is InChI=1S/C15H24BrNO2/c1-15(2,3)17-9-13(11-18-4)19-10-12-7-5-6-8-14(12)16/h5-8,13,17H,9-11H2,1-4H3. The van der Waals surface area contributed by atoms with Crippen molar-refractivity contribution in [2.45, 2.75) is 39.0 Å². The maximum absolute atomic E-state index is 5.93. The first-order chi connectivity index (χ1) is 8.92. The molecule has 0 aliphatic carbocycles. The molecule has 0 aromatic heterocycles. The zero-order valence-electron chi connectivity index (χ0n) is 12.2. The van der Waals surface area contributed by atoms with Crippen molar-refractivity contribution in [1.29, 1.82) is 0 Å². The lowest BCUT2D eigenvalue weighted by Crippen LogP contribution is -2.43. The number of nitrogens with one attached hydrogen (secondary N) is 1. The smallest absolute Gasteiger partial charge is 0.0937 e. The zero-order chi connectivity index (χ0) is 14.3. The van der Waals surface area contributed by atoms with E-state index in [4.69, 9.17) is 9.47 Å². The van der Waals surface area contributed by atoms with Gasteiger partial charge in [-0.05, 0) is 32.4 Å². The van der Waals surface area contributed by atoms with Crippen LogP contribution in [-0.4, -0.2) is 31.9 Å². The van der Waals surface area contributed by atoms with Crippen molar-refractivity contribution in [3.63, 3.8) is 0 Å². The van der Waals surface area contributed by atoms with Gasteiger partial charge in [-0.2, -0.15) is 0 Å². The number of methoxy groups -OCH3 is 1. The Labute approximate surface area is 124 Å². The number of hydrogen-bond acceptors (Lipinski definition) is 3. The Morgan fingerprint density at radius 1 is 1.26 bits per heavy atom. The molecule has 1 rings (SSSR count). The van der Waals surface area contributed by atoms with Crippen LogP contribution in [0.4, 0.5) is 0 Å². The number of benzene rings is 1. The third kappa shape index (κ3) is 7.06. The van der Waals surface area contributed by atoms with Gasteiger partial charge in [0.2, 0.25) is 0 Å². The molecule has 0 heterocycles. The molecule has 0 radical (unpaired) electrons. The Kier molecular flexibility index (Phi) is 7.00. The van der Waals surface area contributed by atoms with Crippen molar-refractivity contribution in [3.05, 3.63) is 34.3 Å². The summed E-state index contributed by atoms with van der Waals surface area (Å²) >= 11 is 3.53. The minimum atomic E-state index is 0.0522. The van der Waals surface area contributed by atoms with Gasteiger partial charge in [-0.15, -0.1) is 0 Å². The summed E-state index contributed by atoms with van der Waals surface area (Å²) in [5, 5.41) is 3.44. The van der Waals surface area contributed by atoms with Gasteiger partial charge in [0.1, 0.15) is 0 Å². The molecule has 1 N–H and O–H groups in total. The van der Waals surface area contributed by atoms with Crippen LogP contribution in [0.2, 0.25) is 0 Å². The molecule has 0 spiro atoms. The Bertz CT molecular complexity index is 377. The van der Waals surface area contributed by atoms with Gasteiger partial charge in [0.15, 0.2) is 0 Å². The predicted octanol–water partition coefficient (Wildman–Crippen LogP) is 3.37. The summed E-state index contributed by atoms with van der Waals surface area (Å²) in [7, 11) is 1.70. The zero-order valence-corrected chi connectivity index (χ0v) is 13.8. The van der Waals surface area contributed by atoms with Crippen molar-refractivity contribution in [2.75, 3.05) is 20.3 Å². The highest BCUT2D eigenvalue weighted by Crippen LogP contribution is 2.17. The average molecular weight is 330 g/mol. The molecule has 0 aliphatic rings. The van der Waals surface area contributed by atoms with E-state index in [0.717, 1.165) is 16.6 Å². The lowest BCUT2D eigenvalue weighted by molar-refractivity contribution is -0.0130. The van der Waals surface area contributed by atoms with Gasteiger partial charge >= 0.3 is 0 Å². The third-order valence-electron chi connectivity index (χ3n) is 2.64. The first-order valence-corrected chi connectivity index (χ1v) is 7.30. The lowest BCUT2D eigenvalue weighted by atomic mass is 10.1. The Morgan fingerprint density at radius 2 is 1.95 bits per heavy atom. The van der Waals surface area contributed by atoms with Crippen LogP contribution in [0, 0.1) is 0 Å². The van der Waals surface area contributed by atoms with E-state index < -0.39 is 0 Å². The third-order valence-corrected chi connectivity index (χ3v) is 3.42. The van der Waals surface area contributed by atoms with Crippen molar-refractivity contribution in [2.24, 2.45) is 0 Å². The lowest BCUT2D eigenvalue weighted by Gasteiger charge is -2.25. The summed E-state index contributed by atoms with van der Waals surface area (Å²) < 4.78 is 12.2. The number of hydrogen-bond donors (Lipinski definition) is 1. The van der Waals surface area contributed by atoms with Crippen molar-refractivity contribution >= 4 is 15.9 Å². The van der Waals surface area contributed by atoms with E-state index in [9.17, 15) is 0 Å². The second-order valence-electron chi connectivity index (χ2n) is 5.61. The molecule has 4 heteroatoms. The molecule has 1 atom stereocenters. The molecule has 19 heavy (non-hydrogen) atoms. The molecular formula is C15H24BrNO2. The number of ether oxygens (including phenoxy) is 2. The Balaban J connectivity index is 2.47. The SMILES string of the molecule is COCC(CNC(C)(C)C)OCc1ccccc1Br. The molecule has 0 saturated carbocycles. The second kappa shape index (κ2) is 8.00. The molecule has 0 fully saturated rings.